The zero-order valence-corrected chi connectivity index (χ0v) is 13.4. The minimum Gasteiger partial charge on any atom is -0.317 e. The highest BCUT2D eigenvalue weighted by Gasteiger charge is 2.32. The first kappa shape index (κ1) is 16.0. The average Bonchev–Trinajstić information content (AvgIpc) is 2.35. The second-order valence-electron chi connectivity index (χ2n) is 6.65. The predicted molar refractivity (Wildman–Crippen MR) is 80.9 cm³/mol. The molecule has 1 aliphatic carbocycles. The van der Waals surface area contributed by atoms with Crippen molar-refractivity contribution in [3.05, 3.63) is 0 Å². The summed E-state index contributed by atoms with van der Waals surface area (Å²) in [6, 6.07) is 1.40. The highest BCUT2D eigenvalue weighted by atomic mass is 15.1. The molecular formula is C16H34N2. The summed E-state index contributed by atoms with van der Waals surface area (Å²) in [5.74, 6) is 2.61. The summed E-state index contributed by atoms with van der Waals surface area (Å²) < 4.78 is 0. The Balaban J connectivity index is 2.62. The van der Waals surface area contributed by atoms with Gasteiger partial charge in [0.15, 0.2) is 0 Å². The molecule has 0 aromatic rings. The molecule has 1 aliphatic rings. The van der Waals surface area contributed by atoms with Gasteiger partial charge in [0, 0.05) is 18.6 Å². The maximum atomic E-state index is 3.56. The van der Waals surface area contributed by atoms with Gasteiger partial charge in [-0.2, -0.15) is 0 Å². The van der Waals surface area contributed by atoms with Crippen LogP contribution >= 0.6 is 0 Å². The maximum Gasteiger partial charge on any atom is 0.0105 e. The molecule has 0 aliphatic heterocycles. The topological polar surface area (TPSA) is 15.3 Å². The van der Waals surface area contributed by atoms with Crippen LogP contribution in [0, 0.1) is 17.8 Å². The van der Waals surface area contributed by atoms with Gasteiger partial charge in [-0.25, -0.2) is 0 Å². The van der Waals surface area contributed by atoms with E-state index in [1.807, 2.05) is 0 Å². The zero-order valence-electron chi connectivity index (χ0n) is 13.4. The normalized spacial score (nSPS) is 29.5. The van der Waals surface area contributed by atoms with Crippen molar-refractivity contribution in [2.45, 2.75) is 66.0 Å². The van der Waals surface area contributed by atoms with Crippen LogP contribution in [-0.4, -0.2) is 37.1 Å². The van der Waals surface area contributed by atoms with E-state index in [0.717, 1.165) is 23.8 Å². The van der Waals surface area contributed by atoms with Crippen molar-refractivity contribution in [2.24, 2.45) is 17.8 Å². The molecule has 2 heteroatoms. The predicted octanol–water partition coefficient (Wildman–Crippen LogP) is 3.38. The van der Waals surface area contributed by atoms with Gasteiger partial charge < -0.3 is 10.2 Å². The molecule has 0 aromatic heterocycles. The maximum absolute atomic E-state index is 3.56. The summed E-state index contributed by atoms with van der Waals surface area (Å²) in [6.07, 6.45) is 4.18. The Morgan fingerprint density at radius 3 is 2.28 bits per heavy atom. The van der Waals surface area contributed by atoms with Crippen LogP contribution in [-0.2, 0) is 0 Å². The highest BCUT2D eigenvalue weighted by Crippen LogP contribution is 2.34. The first-order valence-corrected chi connectivity index (χ1v) is 7.90. The molecule has 18 heavy (non-hydrogen) atoms. The Bertz CT molecular complexity index is 225. The Hall–Kier alpha value is -0.0800. The number of hydrogen-bond donors (Lipinski definition) is 1. The summed E-state index contributed by atoms with van der Waals surface area (Å²) >= 11 is 0. The first-order valence-electron chi connectivity index (χ1n) is 7.90. The van der Waals surface area contributed by atoms with Gasteiger partial charge in [-0.05, 0) is 64.5 Å². The summed E-state index contributed by atoms with van der Waals surface area (Å²) in [6.45, 7) is 14.2. The van der Waals surface area contributed by atoms with Gasteiger partial charge in [0.25, 0.3) is 0 Å². The minimum absolute atomic E-state index is 0.673. The van der Waals surface area contributed by atoms with E-state index in [1.165, 1.54) is 32.4 Å². The summed E-state index contributed by atoms with van der Waals surface area (Å²) in [4.78, 5) is 2.62. The van der Waals surface area contributed by atoms with Gasteiger partial charge >= 0.3 is 0 Å². The van der Waals surface area contributed by atoms with Crippen LogP contribution in [0.25, 0.3) is 0 Å². The van der Waals surface area contributed by atoms with E-state index in [2.05, 4.69) is 51.9 Å². The molecule has 3 atom stereocenters. The lowest BCUT2D eigenvalue weighted by molar-refractivity contribution is 0.112. The van der Waals surface area contributed by atoms with Crippen molar-refractivity contribution in [3.63, 3.8) is 0 Å². The lowest BCUT2D eigenvalue weighted by Crippen LogP contribution is -2.46. The fraction of sp³-hybridized carbons (Fsp3) is 1.00. The van der Waals surface area contributed by atoms with E-state index in [9.17, 15) is 0 Å². The Morgan fingerprint density at radius 1 is 1.17 bits per heavy atom. The third-order valence-corrected chi connectivity index (χ3v) is 4.94. The molecule has 1 saturated carbocycles. The molecule has 0 saturated heterocycles. The van der Waals surface area contributed by atoms with E-state index >= 15 is 0 Å². The molecule has 0 heterocycles. The fourth-order valence-electron chi connectivity index (χ4n) is 3.49. The Kier molecular flexibility index (Phi) is 6.65. The number of nitrogens with zero attached hydrogens (tertiary/aromatic N) is 1. The lowest BCUT2D eigenvalue weighted by atomic mass is 9.73. The van der Waals surface area contributed by atoms with Gasteiger partial charge in [-0.3, -0.25) is 0 Å². The Labute approximate surface area is 115 Å². The molecule has 0 radical (unpaired) electrons. The largest absolute Gasteiger partial charge is 0.317 e. The first-order chi connectivity index (χ1) is 8.49. The molecular weight excluding hydrogens is 220 g/mol. The van der Waals surface area contributed by atoms with Crippen molar-refractivity contribution < 1.29 is 0 Å². The second-order valence-corrected chi connectivity index (χ2v) is 6.65. The summed E-state index contributed by atoms with van der Waals surface area (Å²) in [7, 11) is 2.14. The molecule has 0 amide bonds. The summed E-state index contributed by atoms with van der Waals surface area (Å²) in [5.41, 5.74) is 0. The molecule has 1 fully saturated rings. The van der Waals surface area contributed by atoms with Crippen LogP contribution in [0.3, 0.4) is 0 Å². The fourth-order valence-corrected chi connectivity index (χ4v) is 3.49. The van der Waals surface area contributed by atoms with Crippen LogP contribution in [0.2, 0.25) is 0 Å². The van der Waals surface area contributed by atoms with E-state index in [1.54, 1.807) is 0 Å². The molecule has 2 nitrogen and oxygen atoms in total. The van der Waals surface area contributed by atoms with Crippen LogP contribution in [0.15, 0.2) is 0 Å². The standard InChI is InChI=1S/C16H34N2/c1-7-18(13(4)5)11-15-10-14(12(2)3)8-9-16(15)17-6/h12-17H,7-11H2,1-6H3. The van der Waals surface area contributed by atoms with Crippen molar-refractivity contribution in [3.8, 4) is 0 Å². The van der Waals surface area contributed by atoms with Gasteiger partial charge in [0.2, 0.25) is 0 Å². The molecule has 3 unspecified atom stereocenters. The number of rotatable bonds is 6. The van der Waals surface area contributed by atoms with Crippen molar-refractivity contribution in [1.82, 2.24) is 10.2 Å². The minimum atomic E-state index is 0.673. The number of hydrogen-bond acceptors (Lipinski definition) is 2. The zero-order chi connectivity index (χ0) is 13.7. The van der Waals surface area contributed by atoms with Crippen LogP contribution in [0.1, 0.15) is 53.9 Å². The van der Waals surface area contributed by atoms with E-state index in [-0.39, 0.29) is 0 Å². The summed E-state index contributed by atoms with van der Waals surface area (Å²) in [5, 5.41) is 3.56. The SMILES string of the molecule is CCN(CC1CC(C(C)C)CCC1NC)C(C)C. The quantitative estimate of drug-likeness (QED) is 0.782. The third-order valence-electron chi connectivity index (χ3n) is 4.94. The highest BCUT2D eigenvalue weighted by molar-refractivity contribution is 4.87. The smallest absolute Gasteiger partial charge is 0.0105 e. The number of nitrogens with one attached hydrogen (secondary N) is 1. The van der Waals surface area contributed by atoms with Gasteiger partial charge in [-0.15, -0.1) is 0 Å². The van der Waals surface area contributed by atoms with Crippen molar-refractivity contribution >= 4 is 0 Å². The lowest BCUT2D eigenvalue weighted by Gasteiger charge is -2.41. The molecule has 0 aromatic carbocycles. The monoisotopic (exact) mass is 254 g/mol. The second kappa shape index (κ2) is 7.49. The van der Waals surface area contributed by atoms with Gasteiger partial charge in [-0.1, -0.05) is 20.8 Å². The van der Waals surface area contributed by atoms with Gasteiger partial charge in [0.1, 0.15) is 0 Å². The Morgan fingerprint density at radius 2 is 1.83 bits per heavy atom. The van der Waals surface area contributed by atoms with E-state index in [0.29, 0.717) is 6.04 Å². The van der Waals surface area contributed by atoms with Crippen LogP contribution in [0.5, 0.6) is 0 Å². The van der Waals surface area contributed by atoms with Gasteiger partial charge in [0.05, 0.1) is 0 Å². The molecule has 108 valence electrons. The van der Waals surface area contributed by atoms with E-state index in [4.69, 9.17) is 0 Å². The average molecular weight is 254 g/mol. The van der Waals surface area contributed by atoms with Crippen LogP contribution in [0.4, 0.5) is 0 Å². The molecule has 0 spiro atoms. The third kappa shape index (κ3) is 4.24. The van der Waals surface area contributed by atoms with Crippen molar-refractivity contribution in [1.29, 1.82) is 0 Å². The molecule has 1 rings (SSSR count). The van der Waals surface area contributed by atoms with Crippen LogP contribution < -0.4 is 5.32 Å². The molecule has 1 N–H and O–H groups in total. The molecule has 0 bridgehead atoms. The van der Waals surface area contributed by atoms with Crippen molar-refractivity contribution in [2.75, 3.05) is 20.1 Å². The van der Waals surface area contributed by atoms with E-state index < -0.39 is 0 Å².